The predicted molar refractivity (Wildman–Crippen MR) is 117 cm³/mol. The van der Waals surface area contributed by atoms with Crippen LogP contribution in [-0.4, -0.2) is 65.0 Å². The number of hydrogen-bond donors (Lipinski definition) is 1. The van der Waals surface area contributed by atoms with Crippen molar-refractivity contribution in [2.75, 3.05) is 33.4 Å². The number of aromatic nitrogens is 3. The summed E-state index contributed by atoms with van der Waals surface area (Å²) in [6, 6.07) is 4.24. The van der Waals surface area contributed by atoms with Crippen LogP contribution in [0.3, 0.4) is 0 Å². The highest BCUT2D eigenvalue weighted by Gasteiger charge is 2.24. The number of fused-ring (bicyclic) bond motifs is 1. The van der Waals surface area contributed by atoms with Gasteiger partial charge < -0.3 is 19.4 Å². The molecule has 8 heteroatoms. The minimum atomic E-state index is -0.283. The monoisotopic (exact) mass is 427 g/mol. The third-order valence-electron chi connectivity index (χ3n) is 6.53. The number of nitrogens with zero attached hydrogens (tertiary/aromatic N) is 4. The Bertz CT molecular complexity index is 920. The molecule has 1 saturated heterocycles. The molecule has 3 heterocycles. The molecule has 2 aliphatic heterocycles. The van der Waals surface area contributed by atoms with Crippen LogP contribution in [0, 0.1) is 13.8 Å². The zero-order chi connectivity index (χ0) is 21.8. The zero-order valence-corrected chi connectivity index (χ0v) is 18.8. The number of carbonyl (C=O) groups excluding carboxylic acids is 1. The Kier molecular flexibility index (Phi) is 6.87. The third-order valence-corrected chi connectivity index (χ3v) is 6.53. The number of benzene rings is 1. The quantitative estimate of drug-likeness (QED) is 0.726. The maximum Gasteiger partial charge on any atom is 0.249 e. The van der Waals surface area contributed by atoms with Gasteiger partial charge in [-0.25, -0.2) is 0 Å². The Morgan fingerprint density at radius 1 is 1.23 bits per heavy atom. The molecule has 0 spiro atoms. The molecule has 168 valence electrons. The van der Waals surface area contributed by atoms with E-state index in [0.29, 0.717) is 19.6 Å². The minimum Gasteiger partial charge on any atom is -0.496 e. The molecule has 0 saturated carbocycles. The first-order valence-corrected chi connectivity index (χ1v) is 11.2. The topological polar surface area (TPSA) is 81.5 Å². The van der Waals surface area contributed by atoms with Gasteiger partial charge in [-0.3, -0.25) is 9.69 Å². The molecule has 1 atom stereocenters. The van der Waals surface area contributed by atoms with E-state index in [-0.39, 0.29) is 12.0 Å². The van der Waals surface area contributed by atoms with Gasteiger partial charge in [-0.2, -0.15) is 0 Å². The molecular weight excluding hydrogens is 394 g/mol. The fraction of sp³-hybridized carbons (Fsp3) is 0.609. The molecule has 0 radical (unpaired) electrons. The van der Waals surface area contributed by atoms with E-state index in [2.05, 4.69) is 51.0 Å². The second-order valence-electron chi connectivity index (χ2n) is 8.43. The summed E-state index contributed by atoms with van der Waals surface area (Å²) in [5.41, 5.74) is 3.85. The van der Waals surface area contributed by atoms with Gasteiger partial charge in [-0.15, -0.1) is 10.2 Å². The van der Waals surface area contributed by atoms with E-state index < -0.39 is 0 Å². The van der Waals surface area contributed by atoms with Crippen LogP contribution in [0.2, 0.25) is 0 Å². The van der Waals surface area contributed by atoms with Gasteiger partial charge in [-0.1, -0.05) is 6.07 Å². The predicted octanol–water partition coefficient (Wildman–Crippen LogP) is 1.80. The van der Waals surface area contributed by atoms with E-state index >= 15 is 0 Å². The molecule has 2 aliphatic rings. The fourth-order valence-electron chi connectivity index (χ4n) is 4.45. The van der Waals surface area contributed by atoms with E-state index in [1.165, 1.54) is 16.7 Å². The van der Waals surface area contributed by atoms with Gasteiger partial charge in [-0.05, 0) is 49.4 Å². The molecule has 0 bridgehead atoms. The molecule has 1 unspecified atom stereocenters. The van der Waals surface area contributed by atoms with Gasteiger partial charge in [0.15, 0.2) is 0 Å². The van der Waals surface area contributed by atoms with E-state index in [0.717, 1.165) is 62.8 Å². The summed E-state index contributed by atoms with van der Waals surface area (Å²) in [4.78, 5) is 14.6. The first-order chi connectivity index (χ1) is 15.1. The number of methoxy groups -OCH3 is 1. The SMILES string of the molecule is COc1ccc(CN2CCc3nnc(CCNC(=O)C4CCCO4)n3CC2)c(C)c1C. The summed E-state index contributed by atoms with van der Waals surface area (Å²) < 4.78 is 13.1. The maximum absolute atomic E-state index is 12.1. The lowest BCUT2D eigenvalue weighted by atomic mass is 10.0. The summed E-state index contributed by atoms with van der Waals surface area (Å²) in [7, 11) is 1.72. The molecule has 4 rings (SSSR count). The molecule has 1 aromatic carbocycles. The molecule has 0 aliphatic carbocycles. The van der Waals surface area contributed by atoms with Crippen molar-refractivity contribution in [2.45, 2.75) is 58.7 Å². The largest absolute Gasteiger partial charge is 0.496 e. The highest BCUT2D eigenvalue weighted by atomic mass is 16.5. The van der Waals surface area contributed by atoms with E-state index in [4.69, 9.17) is 9.47 Å². The van der Waals surface area contributed by atoms with Crippen LogP contribution in [0.15, 0.2) is 12.1 Å². The van der Waals surface area contributed by atoms with Gasteiger partial charge >= 0.3 is 0 Å². The maximum atomic E-state index is 12.1. The smallest absolute Gasteiger partial charge is 0.249 e. The van der Waals surface area contributed by atoms with Gasteiger partial charge in [0.2, 0.25) is 5.91 Å². The Morgan fingerprint density at radius 3 is 2.87 bits per heavy atom. The van der Waals surface area contributed by atoms with Gasteiger partial charge in [0.25, 0.3) is 0 Å². The number of amides is 1. The lowest BCUT2D eigenvalue weighted by molar-refractivity contribution is -0.130. The first-order valence-electron chi connectivity index (χ1n) is 11.2. The van der Waals surface area contributed by atoms with E-state index in [9.17, 15) is 4.79 Å². The molecule has 1 N–H and O–H groups in total. The summed E-state index contributed by atoms with van der Waals surface area (Å²) in [6.45, 7) is 9.22. The molecule has 8 nitrogen and oxygen atoms in total. The molecule has 1 amide bonds. The molecular formula is C23H33N5O3. The normalized spacial score (nSPS) is 19.1. The van der Waals surface area contributed by atoms with Crippen LogP contribution in [0.4, 0.5) is 0 Å². The molecule has 31 heavy (non-hydrogen) atoms. The Morgan fingerprint density at radius 2 is 2.10 bits per heavy atom. The summed E-state index contributed by atoms with van der Waals surface area (Å²) in [6.07, 6.45) is 3.05. The Hall–Kier alpha value is -2.45. The van der Waals surface area contributed by atoms with Crippen LogP contribution in [0.25, 0.3) is 0 Å². The number of carbonyl (C=O) groups is 1. The standard InChI is InChI=1S/C23H33N5O3/c1-16-17(2)19(30-3)7-6-18(16)15-27-11-9-22-26-25-21(28(22)13-12-27)8-10-24-23(29)20-5-4-14-31-20/h6-7,20H,4-5,8-15H2,1-3H3,(H,24,29). The van der Waals surface area contributed by atoms with Crippen molar-refractivity contribution in [2.24, 2.45) is 0 Å². The first kappa shape index (κ1) is 21.8. The number of nitrogens with one attached hydrogen (secondary N) is 1. The second-order valence-corrected chi connectivity index (χ2v) is 8.43. The molecule has 1 aromatic heterocycles. The average molecular weight is 428 g/mol. The molecule has 2 aromatic rings. The van der Waals surface area contributed by atoms with E-state index in [1.54, 1.807) is 7.11 Å². The summed E-state index contributed by atoms with van der Waals surface area (Å²) in [5, 5.41) is 11.8. The van der Waals surface area contributed by atoms with Crippen molar-refractivity contribution < 1.29 is 14.3 Å². The van der Waals surface area contributed by atoms with Crippen LogP contribution in [0.5, 0.6) is 5.75 Å². The number of ether oxygens (including phenoxy) is 2. The molecule has 1 fully saturated rings. The number of hydrogen-bond acceptors (Lipinski definition) is 6. The third kappa shape index (κ3) is 4.91. The lowest BCUT2D eigenvalue weighted by Crippen LogP contribution is -2.35. The fourth-order valence-corrected chi connectivity index (χ4v) is 4.45. The van der Waals surface area contributed by atoms with Gasteiger partial charge in [0.1, 0.15) is 23.5 Å². The van der Waals surface area contributed by atoms with Crippen LogP contribution in [-0.2, 0) is 35.5 Å². The van der Waals surface area contributed by atoms with Crippen LogP contribution >= 0.6 is 0 Å². The summed E-state index contributed by atoms with van der Waals surface area (Å²) >= 11 is 0. The second kappa shape index (κ2) is 9.78. The van der Waals surface area contributed by atoms with E-state index in [1.807, 2.05) is 0 Å². The van der Waals surface area contributed by atoms with Crippen molar-refractivity contribution in [3.05, 3.63) is 40.5 Å². The highest BCUT2D eigenvalue weighted by molar-refractivity contribution is 5.80. The minimum absolute atomic E-state index is 0.00978. The highest BCUT2D eigenvalue weighted by Crippen LogP contribution is 2.25. The van der Waals surface area contributed by atoms with Gasteiger partial charge in [0, 0.05) is 52.2 Å². The van der Waals surface area contributed by atoms with Gasteiger partial charge in [0.05, 0.1) is 7.11 Å². The Balaban J connectivity index is 1.33. The van der Waals surface area contributed by atoms with Crippen molar-refractivity contribution in [3.63, 3.8) is 0 Å². The zero-order valence-electron chi connectivity index (χ0n) is 18.8. The van der Waals surface area contributed by atoms with Crippen LogP contribution in [0.1, 0.15) is 41.2 Å². The van der Waals surface area contributed by atoms with Crippen molar-refractivity contribution in [1.29, 1.82) is 0 Å². The summed E-state index contributed by atoms with van der Waals surface area (Å²) in [5.74, 6) is 2.91. The van der Waals surface area contributed by atoms with Crippen molar-refractivity contribution >= 4 is 5.91 Å². The van der Waals surface area contributed by atoms with Crippen molar-refractivity contribution in [1.82, 2.24) is 25.0 Å². The van der Waals surface area contributed by atoms with Crippen molar-refractivity contribution in [3.8, 4) is 5.75 Å². The number of rotatable bonds is 7. The van der Waals surface area contributed by atoms with Crippen LogP contribution < -0.4 is 10.1 Å². The Labute approximate surface area is 183 Å². The lowest BCUT2D eigenvalue weighted by Gasteiger charge is -2.22. The average Bonchev–Trinajstić information content (AvgIpc) is 3.40.